The van der Waals surface area contributed by atoms with Crippen molar-refractivity contribution in [2.45, 2.75) is 13.8 Å². The van der Waals surface area contributed by atoms with E-state index in [1.807, 2.05) is 0 Å². The number of hydrogen-bond acceptors (Lipinski definition) is 2. The van der Waals surface area contributed by atoms with Crippen molar-refractivity contribution in [3.63, 3.8) is 0 Å². The van der Waals surface area contributed by atoms with Crippen LogP contribution in [0.25, 0.3) is 16.9 Å². The van der Waals surface area contributed by atoms with Crippen LogP contribution in [0.2, 0.25) is 0 Å². The number of hydrogen-bond donors (Lipinski definition) is 0. The van der Waals surface area contributed by atoms with Crippen LogP contribution in [0.4, 0.5) is 5.69 Å². The summed E-state index contributed by atoms with van der Waals surface area (Å²) in [4.78, 5) is 5.88. The summed E-state index contributed by atoms with van der Waals surface area (Å²) < 4.78 is 3.31. The highest BCUT2D eigenvalue weighted by molar-refractivity contribution is 9.10. The van der Waals surface area contributed by atoms with Gasteiger partial charge in [0.15, 0.2) is 4.80 Å². The lowest BCUT2D eigenvalue weighted by atomic mass is 10.1. The van der Waals surface area contributed by atoms with Crippen LogP contribution < -0.4 is 4.80 Å². The van der Waals surface area contributed by atoms with Gasteiger partial charge in [0.05, 0.1) is 11.4 Å². The van der Waals surface area contributed by atoms with Crippen LogP contribution in [0.3, 0.4) is 0 Å². The van der Waals surface area contributed by atoms with Gasteiger partial charge in [0.2, 0.25) is 0 Å². The Morgan fingerprint density at radius 3 is 2.30 bits per heavy atom. The second kappa shape index (κ2) is 7.67. The fourth-order valence-electron chi connectivity index (χ4n) is 2.96. The maximum Gasteiger partial charge on any atom is 0.195 e. The third-order valence-corrected chi connectivity index (χ3v) is 5.72. The molecular formula is C23H19BrN2S. The quantitative estimate of drug-likeness (QED) is 0.336. The molecule has 27 heavy (non-hydrogen) atoms. The standard InChI is InChI=1S/C23H19BrN2S/c1-16-6-12-20(13-7-16)25-23-26(21-5-3-4-17(2)14-21)22(15-27-23)18-8-10-19(24)11-9-18/h3-15H,1-2H3. The molecule has 3 aromatic carbocycles. The van der Waals surface area contributed by atoms with E-state index >= 15 is 0 Å². The molecule has 4 rings (SSSR count). The van der Waals surface area contributed by atoms with E-state index in [2.05, 4.69) is 113 Å². The van der Waals surface area contributed by atoms with Gasteiger partial charge in [0.25, 0.3) is 0 Å². The second-order valence-electron chi connectivity index (χ2n) is 6.53. The molecule has 0 spiro atoms. The van der Waals surface area contributed by atoms with Gasteiger partial charge >= 0.3 is 0 Å². The lowest BCUT2D eigenvalue weighted by Gasteiger charge is -2.10. The van der Waals surface area contributed by atoms with Crippen molar-refractivity contribution in [3.8, 4) is 16.9 Å². The van der Waals surface area contributed by atoms with Crippen molar-refractivity contribution >= 4 is 33.0 Å². The molecule has 0 aliphatic carbocycles. The SMILES string of the molecule is Cc1ccc(N=c2scc(-c3ccc(Br)cc3)n2-c2cccc(C)c2)cc1. The molecule has 4 aromatic rings. The predicted molar refractivity (Wildman–Crippen MR) is 118 cm³/mol. The summed E-state index contributed by atoms with van der Waals surface area (Å²) in [5, 5.41) is 2.18. The topological polar surface area (TPSA) is 17.3 Å². The first kappa shape index (κ1) is 18.0. The zero-order chi connectivity index (χ0) is 18.8. The zero-order valence-corrected chi connectivity index (χ0v) is 17.6. The maximum absolute atomic E-state index is 4.92. The highest BCUT2D eigenvalue weighted by Gasteiger charge is 2.10. The van der Waals surface area contributed by atoms with Gasteiger partial charge in [0, 0.05) is 15.5 Å². The molecule has 0 radical (unpaired) electrons. The summed E-state index contributed by atoms with van der Waals surface area (Å²) in [5.74, 6) is 0. The smallest absolute Gasteiger partial charge is 0.195 e. The first-order chi connectivity index (χ1) is 13.1. The Kier molecular flexibility index (Phi) is 5.10. The van der Waals surface area contributed by atoms with E-state index in [9.17, 15) is 0 Å². The lowest BCUT2D eigenvalue weighted by Crippen LogP contribution is -2.13. The Morgan fingerprint density at radius 2 is 1.59 bits per heavy atom. The molecule has 0 saturated heterocycles. The van der Waals surface area contributed by atoms with Gasteiger partial charge in [-0.15, -0.1) is 11.3 Å². The molecule has 0 bridgehead atoms. The van der Waals surface area contributed by atoms with Crippen molar-refractivity contribution in [2.75, 3.05) is 0 Å². The van der Waals surface area contributed by atoms with Gasteiger partial charge in [-0.05, 0) is 61.4 Å². The van der Waals surface area contributed by atoms with Crippen LogP contribution in [0.5, 0.6) is 0 Å². The van der Waals surface area contributed by atoms with E-state index in [1.165, 1.54) is 16.7 Å². The molecule has 0 atom stereocenters. The Morgan fingerprint density at radius 1 is 0.852 bits per heavy atom. The third-order valence-electron chi connectivity index (χ3n) is 4.37. The van der Waals surface area contributed by atoms with Crippen LogP contribution in [0, 0.1) is 13.8 Å². The number of thiazole rings is 1. The highest BCUT2D eigenvalue weighted by atomic mass is 79.9. The molecule has 0 aliphatic rings. The molecule has 4 heteroatoms. The third kappa shape index (κ3) is 3.97. The number of halogens is 1. The average Bonchev–Trinajstić information content (AvgIpc) is 3.08. The lowest BCUT2D eigenvalue weighted by molar-refractivity contribution is 1.01. The highest BCUT2D eigenvalue weighted by Crippen LogP contribution is 2.26. The van der Waals surface area contributed by atoms with Crippen LogP contribution in [0.1, 0.15) is 11.1 Å². The van der Waals surface area contributed by atoms with Crippen LogP contribution in [-0.4, -0.2) is 4.57 Å². The van der Waals surface area contributed by atoms with Crippen molar-refractivity contribution in [1.82, 2.24) is 4.57 Å². The molecule has 0 aliphatic heterocycles. The molecule has 0 N–H and O–H groups in total. The maximum atomic E-state index is 4.92. The summed E-state index contributed by atoms with van der Waals surface area (Å²) in [6, 6.07) is 25.3. The van der Waals surface area contributed by atoms with E-state index in [-0.39, 0.29) is 0 Å². The molecule has 1 aromatic heterocycles. The zero-order valence-electron chi connectivity index (χ0n) is 15.2. The fraction of sp³-hybridized carbons (Fsp3) is 0.0870. The molecule has 0 unspecified atom stereocenters. The minimum atomic E-state index is 0.961. The Labute approximate surface area is 171 Å². The molecule has 1 heterocycles. The monoisotopic (exact) mass is 434 g/mol. The summed E-state index contributed by atoms with van der Waals surface area (Å²) in [5.41, 5.74) is 6.87. The fourth-order valence-corrected chi connectivity index (χ4v) is 4.15. The van der Waals surface area contributed by atoms with Crippen molar-refractivity contribution in [1.29, 1.82) is 0 Å². The normalized spacial score (nSPS) is 11.7. The van der Waals surface area contributed by atoms with E-state index < -0.39 is 0 Å². The number of nitrogens with zero attached hydrogens (tertiary/aromatic N) is 2. The molecule has 0 saturated carbocycles. The number of aromatic nitrogens is 1. The van der Waals surface area contributed by atoms with Gasteiger partial charge in [-0.3, -0.25) is 4.57 Å². The minimum Gasteiger partial charge on any atom is -0.285 e. The minimum absolute atomic E-state index is 0.961. The van der Waals surface area contributed by atoms with Crippen LogP contribution >= 0.6 is 27.3 Å². The van der Waals surface area contributed by atoms with E-state index in [4.69, 9.17) is 4.99 Å². The van der Waals surface area contributed by atoms with Gasteiger partial charge in [0.1, 0.15) is 0 Å². The van der Waals surface area contributed by atoms with Crippen molar-refractivity contribution in [2.24, 2.45) is 4.99 Å². The number of rotatable bonds is 3. The first-order valence-corrected chi connectivity index (χ1v) is 10.4. The van der Waals surface area contributed by atoms with Crippen LogP contribution in [0.15, 0.2) is 87.6 Å². The predicted octanol–water partition coefficient (Wildman–Crippen LogP) is 6.82. The van der Waals surface area contributed by atoms with E-state index in [1.54, 1.807) is 11.3 Å². The van der Waals surface area contributed by atoms with E-state index in [0.29, 0.717) is 0 Å². The van der Waals surface area contributed by atoms with Gasteiger partial charge < -0.3 is 0 Å². The molecule has 0 amide bonds. The first-order valence-electron chi connectivity index (χ1n) is 8.75. The van der Waals surface area contributed by atoms with Gasteiger partial charge in [-0.1, -0.05) is 57.9 Å². The molecule has 0 fully saturated rings. The van der Waals surface area contributed by atoms with Crippen molar-refractivity contribution in [3.05, 3.63) is 98.6 Å². The molecular weight excluding hydrogens is 416 g/mol. The summed E-state index contributed by atoms with van der Waals surface area (Å²) in [6.07, 6.45) is 0. The number of benzene rings is 3. The summed E-state index contributed by atoms with van der Waals surface area (Å²) in [7, 11) is 0. The Hall–Kier alpha value is -2.43. The Bertz CT molecular complexity index is 1140. The molecule has 134 valence electrons. The van der Waals surface area contributed by atoms with Crippen molar-refractivity contribution < 1.29 is 0 Å². The summed E-state index contributed by atoms with van der Waals surface area (Å²) >= 11 is 5.18. The molecule has 2 nitrogen and oxygen atoms in total. The average molecular weight is 435 g/mol. The van der Waals surface area contributed by atoms with Gasteiger partial charge in [-0.2, -0.15) is 0 Å². The second-order valence-corrected chi connectivity index (χ2v) is 8.28. The number of aryl methyl sites for hydroxylation is 2. The van der Waals surface area contributed by atoms with E-state index in [0.717, 1.165) is 26.3 Å². The van der Waals surface area contributed by atoms with Gasteiger partial charge in [-0.25, -0.2) is 4.99 Å². The largest absolute Gasteiger partial charge is 0.285 e. The van der Waals surface area contributed by atoms with Crippen LogP contribution in [-0.2, 0) is 0 Å². The summed E-state index contributed by atoms with van der Waals surface area (Å²) in [6.45, 7) is 4.21. The Balaban J connectivity index is 1.94.